The second kappa shape index (κ2) is 5.49. The Labute approximate surface area is 114 Å². The van der Waals surface area contributed by atoms with E-state index in [-0.39, 0.29) is 11.9 Å². The summed E-state index contributed by atoms with van der Waals surface area (Å²) in [7, 11) is 0. The fourth-order valence-corrected chi connectivity index (χ4v) is 4.09. The summed E-state index contributed by atoms with van der Waals surface area (Å²) in [6.07, 6.45) is 7.84. The number of rotatable bonds is 2. The van der Waals surface area contributed by atoms with E-state index in [9.17, 15) is 9.59 Å². The Hall–Kier alpha value is -1.10. The molecule has 2 aliphatic heterocycles. The van der Waals surface area contributed by atoms with Crippen LogP contribution in [0.4, 0.5) is 4.79 Å². The quantitative estimate of drug-likeness (QED) is 0.726. The number of hydrogen-bond donors (Lipinski definition) is 2. The Morgan fingerprint density at radius 1 is 1.26 bits per heavy atom. The van der Waals surface area contributed by atoms with E-state index in [0.29, 0.717) is 25.7 Å². The van der Waals surface area contributed by atoms with Gasteiger partial charge in [-0.2, -0.15) is 0 Å². The first-order valence-electron chi connectivity index (χ1n) is 7.68. The van der Waals surface area contributed by atoms with Crippen LogP contribution in [0.25, 0.3) is 0 Å². The summed E-state index contributed by atoms with van der Waals surface area (Å²) in [6, 6.07) is 0.457. The van der Waals surface area contributed by atoms with E-state index in [1.807, 2.05) is 0 Å². The van der Waals surface area contributed by atoms with Crippen molar-refractivity contribution in [2.24, 2.45) is 5.92 Å². The number of carbonyl (C=O) groups is 2. The molecule has 3 aliphatic rings. The van der Waals surface area contributed by atoms with Crippen molar-refractivity contribution in [1.29, 1.82) is 0 Å². The summed E-state index contributed by atoms with van der Waals surface area (Å²) in [5.74, 6) is 0.828. The first-order valence-corrected chi connectivity index (χ1v) is 7.68. The van der Waals surface area contributed by atoms with Crippen LogP contribution < -0.4 is 10.2 Å². The van der Waals surface area contributed by atoms with Gasteiger partial charge >= 0.3 is 6.03 Å². The van der Waals surface area contributed by atoms with Crippen LogP contribution in [0.5, 0.6) is 0 Å². The summed E-state index contributed by atoms with van der Waals surface area (Å²) >= 11 is 0. The molecule has 1 saturated carbocycles. The predicted molar refractivity (Wildman–Crippen MR) is 70.8 cm³/mol. The average molecular weight is 266 g/mol. The molecule has 1 aliphatic carbocycles. The number of imide groups is 1. The molecule has 5 nitrogen and oxygen atoms in total. The van der Waals surface area contributed by atoms with Gasteiger partial charge in [0.15, 0.2) is 6.54 Å². The zero-order chi connectivity index (χ0) is 13.2. The van der Waals surface area contributed by atoms with Crippen molar-refractivity contribution >= 4 is 11.9 Å². The molecule has 3 rings (SSSR count). The highest BCUT2D eigenvalue weighted by atomic mass is 16.2. The van der Waals surface area contributed by atoms with Crippen LogP contribution in [0.15, 0.2) is 0 Å². The highest BCUT2D eigenvalue weighted by molar-refractivity contribution is 5.96. The van der Waals surface area contributed by atoms with Gasteiger partial charge in [0.25, 0.3) is 5.91 Å². The van der Waals surface area contributed by atoms with Crippen molar-refractivity contribution < 1.29 is 14.5 Å². The lowest BCUT2D eigenvalue weighted by atomic mass is 9.78. The maximum Gasteiger partial charge on any atom is 0.324 e. The van der Waals surface area contributed by atoms with E-state index >= 15 is 0 Å². The van der Waals surface area contributed by atoms with E-state index in [0.717, 1.165) is 12.5 Å². The molecular weight excluding hydrogens is 242 g/mol. The van der Waals surface area contributed by atoms with Crippen LogP contribution in [0.1, 0.15) is 38.5 Å². The minimum atomic E-state index is -0.207. The molecule has 2 N–H and O–H groups in total. The third-order valence-corrected chi connectivity index (χ3v) is 5.04. The van der Waals surface area contributed by atoms with Gasteiger partial charge in [0.1, 0.15) is 0 Å². The Kier molecular flexibility index (Phi) is 3.73. The van der Waals surface area contributed by atoms with Crippen LogP contribution in [0.2, 0.25) is 0 Å². The molecule has 5 heteroatoms. The normalized spacial score (nSPS) is 34.8. The molecule has 19 heavy (non-hydrogen) atoms. The first kappa shape index (κ1) is 12.9. The molecule has 3 fully saturated rings. The smallest absolute Gasteiger partial charge is 0.324 e. The molecule has 3 atom stereocenters. The number of fused-ring (bicyclic) bond motifs is 1. The fourth-order valence-electron chi connectivity index (χ4n) is 4.09. The van der Waals surface area contributed by atoms with E-state index in [4.69, 9.17) is 0 Å². The molecular formula is C14H24N3O2+. The molecule has 0 spiro atoms. The number of nitrogens with one attached hydrogen (secondary N) is 2. The molecule has 0 bridgehead atoms. The van der Waals surface area contributed by atoms with Crippen molar-refractivity contribution in [3.05, 3.63) is 0 Å². The van der Waals surface area contributed by atoms with Gasteiger partial charge in [0.05, 0.1) is 12.6 Å². The lowest BCUT2D eigenvalue weighted by molar-refractivity contribution is -0.928. The third kappa shape index (κ3) is 2.61. The number of piperidine rings is 1. The fraction of sp³-hybridized carbons (Fsp3) is 0.857. The van der Waals surface area contributed by atoms with E-state index in [1.54, 1.807) is 0 Å². The summed E-state index contributed by atoms with van der Waals surface area (Å²) in [5.41, 5.74) is 0. The second-order valence-electron chi connectivity index (χ2n) is 6.16. The number of likely N-dealkylation sites (tertiary alicyclic amines) is 1. The number of carbonyl (C=O) groups excluding carboxylic acids is 2. The Morgan fingerprint density at radius 2 is 2.05 bits per heavy atom. The minimum Gasteiger partial charge on any atom is -0.336 e. The zero-order valence-corrected chi connectivity index (χ0v) is 11.5. The highest BCUT2D eigenvalue weighted by Crippen LogP contribution is 2.28. The SMILES string of the molecule is O=C(C[NH+]1CCC[C@@H]2CCCC[C@H]21)N1CCNC1=O. The number of urea groups is 1. The summed E-state index contributed by atoms with van der Waals surface area (Å²) in [6.45, 7) is 2.75. The van der Waals surface area contributed by atoms with E-state index < -0.39 is 0 Å². The highest BCUT2D eigenvalue weighted by Gasteiger charge is 2.39. The topological polar surface area (TPSA) is 53.9 Å². The third-order valence-electron chi connectivity index (χ3n) is 5.04. The van der Waals surface area contributed by atoms with Crippen LogP contribution >= 0.6 is 0 Å². The maximum atomic E-state index is 12.2. The maximum absolute atomic E-state index is 12.2. The van der Waals surface area contributed by atoms with Crippen LogP contribution in [0.3, 0.4) is 0 Å². The Bertz CT molecular complexity index is 370. The first-order chi connectivity index (χ1) is 9.25. The van der Waals surface area contributed by atoms with Crippen molar-refractivity contribution in [3.8, 4) is 0 Å². The number of hydrogen-bond acceptors (Lipinski definition) is 2. The van der Waals surface area contributed by atoms with Crippen molar-refractivity contribution in [3.63, 3.8) is 0 Å². The molecule has 1 unspecified atom stereocenters. The lowest BCUT2D eigenvalue weighted by Gasteiger charge is -2.41. The van der Waals surface area contributed by atoms with Gasteiger partial charge in [-0.05, 0) is 32.1 Å². The van der Waals surface area contributed by atoms with Gasteiger partial charge in [-0.1, -0.05) is 6.42 Å². The summed E-state index contributed by atoms with van der Waals surface area (Å²) in [4.78, 5) is 26.6. The molecule has 0 aromatic carbocycles. The van der Waals surface area contributed by atoms with E-state index in [2.05, 4.69) is 5.32 Å². The molecule has 106 valence electrons. The monoisotopic (exact) mass is 266 g/mol. The van der Waals surface area contributed by atoms with Gasteiger partial charge in [-0.3, -0.25) is 9.69 Å². The zero-order valence-electron chi connectivity index (χ0n) is 11.5. The van der Waals surface area contributed by atoms with Gasteiger partial charge in [-0.15, -0.1) is 0 Å². The second-order valence-corrected chi connectivity index (χ2v) is 6.16. The predicted octanol–water partition coefficient (Wildman–Crippen LogP) is -0.224. The Balaban J connectivity index is 1.61. The molecule has 0 radical (unpaired) electrons. The van der Waals surface area contributed by atoms with Gasteiger partial charge in [-0.25, -0.2) is 4.79 Å². The van der Waals surface area contributed by atoms with E-state index in [1.165, 1.54) is 48.3 Å². The standard InChI is InChI=1S/C14H23N3O2/c18-13(17-9-7-15-14(17)19)10-16-8-3-5-11-4-1-2-6-12(11)16/h11-12H,1-10H2,(H,15,19)/p+1/t11-,12+/m0/s1. The van der Waals surface area contributed by atoms with Crippen molar-refractivity contribution in [2.75, 3.05) is 26.2 Å². The Morgan fingerprint density at radius 3 is 2.84 bits per heavy atom. The number of nitrogens with zero attached hydrogens (tertiary/aromatic N) is 1. The minimum absolute atomic E-state index is 0.0104. The largest absolute Gasteiger partial charge is 0.336 e. The van der Waals surface area contributed by atoms with Crippen LogP contribution in [-0.2, 0) is 4.79 Å². The van der Waals surface area contributed by atoms with Crippen molar-refractivity contribution in [1.82, 2.24) is 10.2 Å². The van der Waals surface area contributed by atoms with Crippen LogP contribution in [0, 0.1) is 5.92 Å². The van der Waals surface area contributed by atoms with Gasteiger partial charge in [0.2, 0.25) is 0 Å². The lowest BCUT2D eigenvalue weighted by Crippen LogP contribution is -3.18. The average Bonchev–Trinajstić information content (AvgIpc) is 2.85. The summed E-state index contributed by atoms with van der Waals surface area (Å²) < 4.78 is 0. The number of amides is 3. The molecule has 0 aromatic heterocycles. The van der Waals surface area contributed by atoms with Crippen molar-refractivity contribution in [2.45, 2.75) is 44.6 Å². The summed E-state index contributed by atoms with van der Waals surface area (Å²) in [5, 5.41) is 2.70. The molecule has 2 heterocycles. The molecule has 3 amide bonds. The molecule has 0 aromatic rings. The molecule has 2 saturated heterocycles. The van der Waals surface area contributed by atoms with Gasteiger partial charge < -0.3 is 10.2 Å². The van der Waals surface area contributed by atoms with Crippen LogP contribution in [-0.4, -0.2) is 49.1 Å². The van der Waals surface area contributed by atoms with Gasteiger partial charge in [0, 0.05) is 19.0 Å². The number of quaternary nitrogens is 1.